The van der Waals surface area contributed by atoms with Crippen molar-refractivity contribution in [3.63, 3.8) is 0 Å². The molecule has 0 bridgehead atoms. The van der Waals surface area contributed by atoms with Gasteiger partial charge in [-0.2, -0.15) is 0 Å². The molecule has 0 aromatic carbocycles. The van der Waals surface area contributed by atoms with Gasteiger partial charge in [0.2, 0.25) is 0 Å². The topological polar surface area (TPSA) is 52.7 Å². The van der Waals surface area contributed by atoms with Crippen molar-refractivity contribution in [3.8, 4) is 0 Å². The van der Waals surface area contributed by atoms with Gasteiger partial charge in [0.15, 0.2) is 0 Å². The van der Waals surface area contributed by atoms with Crippen molar-refractivity contribution in [2.24, 2.45) is 0 Å². The molecule has 3 nitrogen and oxygen atoms in total. The summed E-state index contributed by atoms with van der Waals surface area (Å²) in [6.07, 6.45) is 29.7. The van der Waals surface area contributed by atoms with Crippen LogP contribution >= 0.6 is 0 Å². The van der Waals surface area contributed by atoms with Crippen LogP contribution < -0.4 is 5.11 Å². The Labute approximate surface area is 151 Å². The van der Waals surface area contributed by atoms with Gasteiger partial charge in [-0.05, 0) is 38.5 Å². The highest BCUT2D eigenvalue weighted by atomic mass is 16.6. The second kappa shape index (κ2) is 14.2. The molecule has 1 saturated heterocycles. The lowest BCUT2D eigenvalue weighted by molar-refractivity contribution is -0.305. The third kappa shape index (κ3) is 12.9. The van der Waals surface area contributed by atoms with Crippen LogP contribution in [0.3, 0.4) is 0 Å². The van der Waals surface area contributed by atoms with E-state index in [1.165, 1.54) is 0 Å². The van der Waals surface area contributed by atoms with Crippen molar-refractivity contribution < 1.29 is 14.6 Å². The summed E-state index contributed by atoms with van der Waals surface area (Å²) >= 11 is 0. The molecule has 1 fully saturated rings. The largest absolute Gasteiger partial charge is 0.550 e. The highest BCUT2D eigenvalue weighted by Gasteiger charge is 2.34. The Balaban J connectivity index is 2.01. The predicted molar refractivity (Wildman–Crippen MR) is 102 cm³/mol. The molecule has 2 atom stereocenters. The lowest BCUT2D eigenvalue weighted by Gasteiger charge is -1.94. The summed E-state index contributed by atoms with van der Waals surface area (Å²) in [5, 5.41) is 10.2. The fraction of sp³-hybridized carbons (Fsp3) is 0.409. The van der Waals surface area contributed by atoms with Crippen LogP contribution in [0.15, 0.2) is 72.9 Å². The van der Waals surface area contributed by atoms with Gasteiger partial charge in [-0.15, -0.1) is 0 Å². The molecule has 25 heavy (non-hydrogen) atoms. The SMILES string of the molecule is CC/C=C\C[C@@H]1O[C@H]1/C=C/C=C/C=C\C/C=C\C/C=C\CCC(=O)[O-]. The highest BCUT2D eigenvalue weighted by Crippen LogP contribution is 2.26. The number of ether oxygens (including phenoxy) is 1. The molecule has 3 heteroatoms. The van der Waals surface area contributed by atoms with Gasteiger partial charge in [0.1, 0.15) is 6.10 Å². The monoisotopic (exact) mass is 341 g/mol. The maximum absolute atomic E-state index is 10.2. The van der Waals surface area contributed by atoms with E-state index < -0.39 is 5.97 Å². The molecule has 0 unspecified atom stereocenters. The zero-order valence-corrected chi connectivity index (χ0v) is 15.1. The molecular weight excluding hydrogens is 312 g/mol. The van der Waals surface area contributed by atoms with Crippen molar-refractivity contribution in [1.29, 1.82) is 0 Å². The molecule has 1 rings (SSSR count). The number of allylic oxidation sites excluding steroid dienone is 10. The van der Waals surface area contributed by atoms with Gasteiger partial charge >= 0.3 is 0 Å². The first kappa shape index (κ1) is 20.9. The Morgan fingerprint density at radius 3 is 2.40 bits per heavy atom. The third-order valence-electron chi connectivity index (χ3n) is 3.56. The van der Waals surface area contributed by atoms with E-state index in [1.54, 1.807) is 0 Å². The number of hydrogen-bond donors (Lipinski definition) is 0. The number of carbonyl (C=O) groups is 1. The zero-order valence-electron chi connectivity index (χ0n) is 15.1. The molecule has 0 saturated carbocycles. The van der Waals surface area contributed by atoms with Crippen LogP contribution in [0.5, 0.6) is 0 Å². The van der Waals surface area contributed by atoms with Gasteiger partial charge in [0.25, 0.3) is 0 Å². The Morgan fingerprint density at radius 1 is 0.920 bits per heavy atom. The maximum Gasteiger partial charge on any atom is 0.103 e. The van der Waals surface area contributed by atoms with E-state index in [1.807, 2.05) is 36.5 Å². The van der Waals surface area contributed by atoms with Crippen LogP contribution in [0.25, 0.3) is 0 Å². The molecule has 0 aliphatic carbocycles. The molecule has 1 heterocycles. The first-order chi connectivity index (χ1) is 12.2. The molecular formula is C22H29O3-. The fourth-order valence-corrected chi connectivity index (χ4v) is 2.14. The summed E-state index contributed by atoms with van der Waals surface area (Å²) in [7, 11) is 0. The molecule has 1 aliphatic rings. The lowest BCUT2D eigenvalue weighted by atomic mass is 10.2. The number of rotatable bonds is 13. The van der Waals surface area contributed by atoms with E-state index in [0.717, 1.165) is 25.7 Å². The minimum atomic E-state index is -0.998. The number of carboxylic acid groups (broad SMARTS) is 1. The van der Waals surface area contributed by atoms with Crippen molar-refractivity contribution in [2.75, 3.05) is 0 Å². The van der Waals surface area contributed by atoms with Crippen LogP contribution in [-0.2, 0) is 9.53 Å². The van der Waals surface area contributed by atoms with Crippen LogP contribution in [0.2, 0.25) is 0 Å². The van der Waals surface area contributed by atoms with E-state index in [4.69, 9.17) is 4.74 Å². The van der Waals surface area contributed by atoms with E-state index in [9.17, 15) is 9.90 Å². The first-order valence-corrected chi connectivity index (χ1v) is 9.04. The molecule has 0 aromatic heterocycles. The molecule has 1 aliphatic heterocycles. The summed E-state index contributed by atoms with van der Waals surface area (Å²) in [5.74, 6) is -0.998. The minimum Gasteiger partial charge on any atom is -0.550 e. The normalized spacial score (nSPS) is 21.2. The summed E-state index contributed by atoms with van der Waals surface area (Å²) in [5.41, 5.74) is 0. The van der Waals surface area contributed by atoms with Crippen molar-refractivity contribution in [1.82, 2.24) is 0 Å². The quantitative estimate of drug-likeness (QED) is 0.286. The Kier molecular flexibility index (Phi) is 11.9. The highest BCUT2D eigenvalue weighted by molar-refractivity contribution is 5.64. The summed E-state index contributed by atoms with van der Waals surface area (Å²) in [4.78, 5) is 10.2. The van der Waals surface area contributed by atoms with Crippen LogP contribution in [0, 0.1) is 0 Å². The van der Waals surface area contributed by atoms with E-state index >= 15 is 0 Å². The number of epoxide rings is 1. The first-order valence-electron chi connectivity index (χ1n) is 9.04. The average molecular weight is 341 g/mol. The molecule has 0 aromatic rings. The van der Waals surface area contributed by atoms with Gasteiger partial charge in [0.05, 0.1) is 6.10 Å². The number of carboxylic acids is 1. The fourth-order valence-electron chi connectivity index (χ4n) is 2.14. The van der Waals surface area contributed by atoms with Crippen molar-refractivity contribution >= 4 is 5.97 Å². The van der Waals surface area contributed by atoms with E-state index in [0.29, 0.717) is 12.5 Å². The van der Waals surface area contributed by atoms with E-state index in [2.05, 4.69) is 43.4 Å². The van der Waals surface area contributed by atoms with Gasteiger partial charge in [0, 0.05) is 5.97 Å². The lowest BCUT2D eigenvalue weighted by Crippen LogP contribution is -2.21. The smallest absolute Gasteiger partial charge is 0.103 e. The Bertz CT molecular complexity index is 535. The number of carbonyl (C=O) groups excluding carboxylic acids is 1. The second-order valence-electron chi connectivity index (χ2n) is 5.78. The predicted octanol–water partition coefficient (Wildman–Crippen LogP) is 4.20. The van der Waals surface area contributed by atoms with Gasteiger partial charge < -0.3 is 14.6 Å². The van der Waals surface area contributed by atoms with Gasteiger partial charge in [-0.1, -0.05) is 79.8 Å². The molecule has 136 valence electrons. The second-order valence-corrected chi connectivity index (χ2v) is 5.78. The average Bonchev–Trinajstić information content (AvgIpc) is 3.33. The van der Waals surface area contributed by atoms with Gasteiger partial charge in [-0.3, -0.25) is 0 Å². The molecule has 0 spiro atoms. The standard InChI is InChI=1S/C22H30O3/c1-2-3-14-17-20-21(25-20)18-15-12-10-8-6-4-5-7-9-11-13-16-19-22(23)24/h3,5-8,10-15,18,20-21H,2,4,9,16-17,19H2,1H3,(H,23,24)/p-1/b7-5-,8-6-,12-10+,13-11-,14-3-,18-15+/t20-,21-/m0/s1. The van der Waals surface area contributed by atoms with Crippen molar-refractivity contribution in [3.05, 3.63) is 72.9 Å². The third-order valence-corrected chi connectivity index (χ3v) is 3.56. The minimum absolute atomic E-state index is 0.0904. The van der Waals surface area contributed by atoms with Crippen LogP contribution in [0.4, 0.5) is 0 Å². The Hall–Kier alpha value is -2.13. The van der Waals surface area contributed by atoms with Crippen LogP contribution in [-0.4, -0.2) is 18.2 Å². The Morgan fingerprint density at radius 2 is 1.64 bits per heavy atom. The van der Waals surface area contributed by atoms with Crippen molar-refractivity contribution in [2.45, 2.75) is 57.7 Å². The number of hydrogen-bond acceptors (Lipinski definition) is 3. The molecule has 0 N–H and O–H groups in total. The summed E-state index contributed by atoms with van der Waals surface area (Å²) in [6.45, 7) is 2.13. The molecule has 0 amide bonds. The molecule has 0 radical (unpaired) electrons. The zero-order chi connectivity index (χ0) is 18.2. The van der Waals surface area contributed by atoms with Gasteiger partial charge in [-0.25, -0.2) is 0 Å². The summed E-state index contributed by atoms with van der Waals surface area (Å²) in [6, 6.07) is 0. The van der Waals surface area contributed by atoms with E-state index in [-0.39, 0.29) is 12.5 Å². The maximum atomic E-state index is 10.2. The summed E-state index contributed by atoms with van der Waals surface area (Å²) < 4.78 is 5.55. The van der Waals surface area contributed by atoms with Crippen LogP contribution in [0.1, 0.15) is 45.4 Å². The number of aliphatic carboxylic acids is 1.